The number of fused-ring (bicyclic) bond motifs is 1. The first-order valence-corrected chi connectivity index (χ1v) is 3.64. The third-order valence-corrected chi connectivity index (χ3v) is 1.68. The first-order valence-electron chi connectivity index (χ1n) is 3.64. The van der Waals surface area contributed by atoms with Crippen LogP contribution in [0.25, 0.3) is 0 Å². The van der Waals surface area contributed by atoms with Gasteiger partial charge in [0.15, 0.2) is 11.5 Å². The lowest BCUT2D eigenvalue weighted by atomic mass is 10.1. The Morgan fingerprint density at radius 1 is 1.62 bits per heavy atom. The van der Waals surface area contributed by atoms with Gasteiger partial charge < -0.3 is 19.9 Å². The van der Waals surface area contributed by atoms with Crippen molar-refractivity contribution >= 4 is 5.97 Å². The molecule has 0 aliphatic carbocycles. The predicted octanol–water partition coefficient (Wildman–Crippen LogP) is 0.288. The van der Waals surface area contributed by atoms with Gasteiger partial charge in [0, 0.05) is 6.20 Å². The van der Waals surface area contributed by atoms with Gasteiger partial charge in [0.05, 0.1) is 11.8 Å². The van der Waals surface area contributed by atoms with Crippen molar-refractivity contribution in [2.75, 3.05) is 6.79 Å². The van der Waals surface area contributed by atoms with Crippen LogP contribution in [-0.2, 0) is 14.3 Å². The van der Waals surface area contributed by atoms with Crippen LogP contribution in [0.15, 0.2) is 35.6 Å². The standard InChI is InChI=1S/C8H7NO4/c10-8(11)6-7-5(1-2-9-6)3-12-4-13-7/h1-3,9H,4H2,(H,10,11). The molecule has 0 unspecified atom stereocenters. The van der Waals surface area contributed by atoms with Gasteiger partial charge in [-0.15, -0.1) is 0 Å². The molecule has 13 heavy (non-hydrogen) atoms. The van der Waals surface area contributed by atoms with Gasteiger partial charge in [-0.2, -0.15) is 0 Å². The molecule has 0 amide bonds. The lowest BCUT2D eigenvalue weighted by Crippen LogP contribution is -2.24. The lowest BCUT2D eigenvalue weighted by Gasteiger charge is -2.21. The second kappa shape index (κ2) is 2.85. The normalized spacial score (nSPS) is 19.2. The first kappa shape index (κ1) is 7.72. The molecule has 0 aromatic carbocycles. The number of rotatable bonds is 1. The molecule has 0 saturated heterocycles. The van der Waals surface area contributed by atoms with E-state index in [-0.39, 0.29) is 12.5 Å². The molecule has 2 heterocycles. The Hall–Kier alpha value is -1.91. The fourth-order valence-electron chi connectivity index (χ4n) is 1.12. The van der Waals surface area contributed by atoms with Crippen molar-refractivity contribution in [3.05, 3.63) is 35.6 Å². The third-order valence-electron chi connectivity index (χ3n) is 1.68. The summed E-state index contributed by atoms with van der Waals surface area (Å²) in [5.41, 5.74) is 0.666. The van der Waals surface area contributed by atoms with Crippen molar-refractivity contribution in [3.63, 3.8) is 0 Å². The van der Waals surface area contributed by atoms with Gasteiger partial charge in [0.2, 0.25) is 6.79 Å². The number of carboxylic acid groups (broad SMARTS) is 1. The smallest absolute Gasteiger partial charge is 0.356 e. The van der Waals surface area contributed by atoms with E-state index in [1.165, 1.54) is 12.5 Å². The van der Waals surface area contributed by atoms with Gasteiger partial charge in [-0.3, -0.25) is 0 Å². The average molecular weight is 181 g/mol. The van der Waals surface area contributed by atoms with Crippen molar-refractivity contribution in [3.8, 4) is 0 Å². The number of aliphatic carboxylic acids is 1. The van der Waals surface area contributed by atoms with E-state index in [0.717, 1.165) is 0 Å². The fraction of sp³-hybridized carbons (Fsp3) is 0.125. The average Bonchev–Trinajstić information content (AvgIpc) is 2.17. The van der Waals surface area contributed by atoms with E-state index in [4.69, 9.17) is 14.6 Å². The van der Waals surface area contributed by atoms with Gasteiger partial charge >= 0.3 is 5.97 Å². The van der Waals surface area contributed by atoms with Crippen molar-refractivity contribution in [1.29, 1.82) is 0 Å². The topological polar surface area (TPSA) is 67.8 Å². The van der Waals surface area contributed by atoms with Crippen LogP contribution in [0.1, 0.15) is 0 Å². The van der Waals surface area contributed by atoms with E-state index in [1.807, 2.05) is 0 Å². The minimum absolute atomic E-state index is 0.0389. The summed E-state index contributed by atoms with van der Waals surface area (Å²) < 4.78 is 9.93. The lowest BCUT2D eigenvalue weighted by molar-refractivity contribution is -0.133. The molecule has 0 fully saturated rings. The number of allylic oxidation sites excluding steroid dienone is 1. The Balaban J connectivity index is 2.44. The second-order valence-electron chi connectivity index (χ2n) is 2.49. The minimum atomic E-state index is -1.05. The highest BCUT2D eigenvalue weighted by Crippen LogP contribution is 2.23. The van der Waals surface area contributed by atoms with Crippen LogP contribution < -0.4 is 5.32 Å². The van der Waals surface area contributed by atoms with E-state index in [9.17, 15) is 4.79 Å². The van der Waals surface area contributed by atoms with Crippen molar-refractivity contribution in [2.24, 2.45) is 0 Å². The number of hydrogen-bond acceptors (Lipinski definition) is 4. The third kappa shape index (κ3) is 1.24. The predicted molar refractivity (Wildman–Crippen MR) is 42.1 cm³/mol. The molecule has 5 heteroatoms. The number of ether oxygens (including phenoxy) is 2. The molecule has 0 aromatic rings. The molecule has 5 nitrogen and oxygen atoms in total. The van der Waals surface area contributed by atoms with Gasteiger partial charge in [0.25, 0.3) is 0 Å². The van der Waals surface area contributed by atoms with Crippen LogP contribution in [-0.4, -0.2) is 17.9 Å². The molecular weight excluding hydrogens is 174 g/mol. The van der Waals surface area contributed by atoms with Crippen LogP contribution in [0.3, 0.4) is 0 Å². The fourth-order valence-corrected chi connectivity index (χ4v) is 1.12. The van der Waals surface area contributed by atoms with Crippen LogP contribution in [0.2, 0.25) is 0 Å². The number of nitrogens with one attached hydrogen (secondary N) is 1. The van der Waals surface area contributed by atoms with Crippen molar-refractivity contribution in [1.82, 2.24) is 5.32 Å². The summed E-state index contributed by atoms with van der Waals surface area (Å²) in [6.07, 6.45) is 4.68. The Bertz CT molecular complexity index is 340. The second-order valence-corrected chi connectivity index (χ2v) is 2.49. The molecule has 2 aliphatic rings. The van der Waals surface area contributed by atoms with Gasteiger partial charge in [-0.05, 0) is 6.08 Å². The molecule has 0 atom stereocenters. The first-order chi connectivity index (χ1) is 6.29. The molecule has 2 N–H and O–H groups in total. The molecule has 0 spiro atoms. The van der Waals surface area contributed by atoms with Crippen LogP contribution >= 0.6 is 0 Å². The molecule has 0 bridgehead atoms. The monoisotopic (exact) mass is 181 g/mol. The van der Waals surface area contributed by atoms with Crippen molar-refractivity contribution < 1.29 is 19.4 Å². The van der Waals surface area contributed by atoms with Gasteiger partial charge in [-0.25, -0.2) is 4.79 Å². The molecule has 0 radical (unpaired) electrons. The highest BCUT2D eigenvalue weighted by molar-refractivity contribution is 5.88. The zero-order valence-electron chi connectivity index (χ0n) is 6.61. The molecule has 0 aromatic heterocycles. The quantitative estimate of drug-likeness (QED) is 0.608. The Labute approximate surface area is 73.9 Å². The van der Waals surface area contributed by atoms with Crippen LogP contribution in [0, 0.1) is 0 Å². The van der Waals surface area contributed by atoms with Gasteiger partial charge in [-0.1, -0.05) is 0 Å². The summed E-state index contributed by atoms with van der Waals surface area (Å²) in [6, 6.07) is 0. The Morgan fingerprint density at radius 2 is 2.46 bits per heavy atom. The number of dihydropyridines is 1. The van der Waals surface area contributed by atoms with E-state index in [1.54, 1.807) is 6.08 Å². The maximum absolute atomic E-state index is 10.7. The molecular formula is C8H7NO4. The highest BCUT2D eigenvalue weighted by atomic mass is 16.7. The highest BCUT2D eigenvalue weighted by Gasteiger charge is 2.23. The number of carboxylic acids is 1. The van der Waals surface area contributed by atoms with E-state index in [0.29, 0.717) is 11.3 Å². The van der Waals surface area contributed by atoms with Crippen LogP contribution in [0.5, 0.6) is 0 Å². The van der Waals surface area contributed by atoms with E-state index < -0.39 is 5.97 Å². The molecule has 0 saturated carbocycles. The summed E-state index contributed by atoms with van der Waals surface area (Å²) in [7, 11) is 0. The summed E-state index contributed by atoms with van der Waals surface area (Å²) in [5.74, 6) is -0.728. The maximum Gasteiger partial charge on any atom is 0.356 e. The molecule has 68 valence electrons. The number of hydrogen-bond donors (Lipinski definition) is 2. The molecule has 2 aliphatic heterocycles. The van der Waals surface area contributed by atoms with Crippen molar-refractivity contribution in [2.45, 2.75) is 0 Å². The van der Waals surface area contributed by atoms with E-state index >= 15 is 0 Å². The zero-order valence-corrected chi connectivity index (χ0v) is 6.61. The Morgan fingerprint density at radius 3 is 3.23 bits per heavy atom. The largest absolute Gasteiger partial charge is 0.476 e. The summed E-state index contributed by atoms with van der Waals surface area (Å²) in [6.45, 7) is 0.0468. The SMILES string of the molecule is O=C(O)C1=C2OCOC=C2C=CN1. The maximum atomic E-state index is 10.7. The zero-order chi connectivity index (χ0) is 9.26. The van der Waals surface area contributed by atoms with Gasteiger partial charge in [0.1, 0.15) is 0 Å². The summed E-state index contributed by atoms with van der Waals surface area (Å²) in [5, 5.41) is 11.4. The molecule has 2 rings (SSSR count). The summed E-state index contributed by atoms with van der Waals surface area (Å²) >= 11 is 0. The van der Waals surface area contributed by atoms with Crippen LogP contribution in [0.4, 0.5) is 0 Å². The minimum Gasteiger partial charge on any atom is -0.476 e. The summed E-state index contributed by atoms with van der Waals surface area (Å²) in [4.78, 5) is 10.7. The Kier molecular flexibility index (Phi) is 1.70. The number of carbonyl (C=O) groups is 1. The van der Waals surface area contributed by atoms with E-state index in [2.05, 4.69) is 5.32 Å².